The molecule has 0 aliphatic carbocycles. The van der Waals surface area contributed by atoms with E-state index in [9.17, 15) is 13.2 Å². The normalized spacial score (nSPS) is 11.1. The first kappa shape index (κ1) is 14.6. The average molecular weight is 279 g/mol. The van der Waals surface area contributed by atoms with Crippen LogP contribution in [0.3, 0.4) is 0 Å². The van der Waals surface area contributed by atoms with Gasteiger partial charge >= 0.3 is 0 Å². The van der Waals surface area contributed by atoms with Crippen LogP contribution in [0.5, 0.6) is 0 Å². The number of nitrogens with one attached hydrogen (secondary N) is 1. The molecule has 0 aromatic heterocycles. The predicted molar refractivity (Wildman–Crippen MR) is 73.7 cm³/mol. The minimum absolute atomic E-state index is 0.232. The summed E-state index contributed by atoms with van der Waals surface area (Å²) in [5.74, 6) is -1.66. The smallest absolute Gasteiger partial charge is 0.126 e. The highest BCUT2D eigenvalue weighted by Gasteiger charge is 2.10. The van der Waals surface area contributed by atoms with Gasteiger partial charge in [-0.05, 0) is 41.0 Å². The molecule has 20 heavy (non-hydrogen) atoms. The summed E-state index contributed by atoms with van der Waals surface area (Å²) < 4.78 is 40.0. The zero-order chi connectivity index (χ0) is 14.7. The molecule has 0 heterocycles. The maximum atomic E-state index is 13.4. The summed E-state index contributed by atoms with van der Waals surface area (Å²) in [6.07, 6.45) is 0. The predicted octanol–water partition coefficient (Wildman–Crippen LogP) is 4.27. The number of benzene rings is 2. The van der Waals surface area contributed by atoms with E-state index in [1.165, 1.54) is 24.3 Å². The third-order valence-corrected chi connectivity index (χ3v) is 2.94. The molecule has 106 valence electrons. The van der Waals surface area contributed by atoms with E-state index in [2.05, 4.69) is 5.32 Å². The molecule has 2 aromatic carbocycles. The van der Waals surface area contributed by atoms with Crippen molar-refractivity contribution in [1.82, 2.24) is 5.32 Å². The Morgan fingerprint density at radius 1 is 0.900 bits per heavy atom. The van der Waals surface area contributed by atoms with Crippen LogP contribution in [0.25, 0.3) is 11.1 Å². The van der Waals surface area contributed by atoms with Crippen LogP contribution in [-0.4, -0.2) is 6.04 Å². The molecule has 0 amide bonds. The highest BCUT2D eigenvalue weighted by atomic mass is 19.1. The molecular formula is C16H16F3N. The molecular weight excluding hydrogens is 263 g/mol. The van der Waals surface area contributed by atoms with Crippen molar-refractivity contribution in [3.05, 3.63) is 59.4 Å². The molecule has 0 aliphatic rings. The van der Waals surface area contributed by atoms with Gasteiger partial charge in [0.25, 0.3) is 0 Å². The Hall–Kier alpha value is -1.81. The first-order valence-electron chi connectivity index (χ1n) is 6.44. The Kier molecular flexibility index (Phi) is 4.45. The van der Waals surface area contributed by atoms with Crippen molar-refractivity contribution in [3.63, 3.8) is 0 Å². The van der Waals surface area contributed by atoms with Crippen LogP contribution < -0.4 is 5.32 Å². The van der Waals surface area contributed by atoms with E-state index in [1.54, 1.807) is 6.07 Å². The standard InChI is InChI=1S/C16H16F3N/c1-10(2)20-9-12-7-13(17)3-4-16(12)11-5-14(18)8-15(19)6-11/h3-8,10,20H,9H2,1-2H3. The van der Waals surface area contributed by atoms with Crippen LogP contribution in [0.1, 0.15) is 19.4 Å². The minimum Gasteiger partial charge on any atom is -0.310 e. The Morgan fingerprint density at radius 3 is 2.15 bits per heavy atom. The molecule has 0 aliphatic heterocycles. The van der Waals surface area contributed by atoms with E-state index in [-0.39, 0.29) is 11.9 Å². The van der Waals surface area contributed by atoms with E-state index in [0.717, 1.165) is 6.07 Å². The Bertz CT molecular complexity index is 588. The molecule has 0 saturated heterocycles. The van der Waals surface area contributed by atoms with Gasteiger partial charge in [-0.15, -0.1) is 0 Å². The number of halogens is 3. The van der Waals surface area contributed by atoms with Gasteiger partial charge in [0.15, 0.2) is 0 Å². The molecule has 2 rings (SSSR count). The van der Waals surface area contributed by atoms with Gasteiger partial charge in [-0.2, -0.15) is 0 Å². The van der Waals surface area contributed by atoms with Crippen molar-refractivity contribution in [2.24, 2.45) is 0 Å². The van der Waals surface area contributed by atoms with Crippen LogP contribution in [0, 0.1) is 17.5 Å². The molecule has 0 spiro atoms. The minimum atomic E-state index is -0.646. The quantitative estimate of drug-likeness (QED) is 0.881. The lowest BCUT2D eigenvalue weighted by Crippen LogP contribution is -2.22. The van der Waals surface area contributed by atoms with Gasteiger partial charge in [0.1, 0.15) is 17.5 Å². The summed E-state index contributed by atoms with van der Waals surface area (Å²) in [6, 6.07) is 7.75. The van der Waals surface area contributed by atoms with Gasteiger partial charge < -0.3 is 5.32 Å². The van der Waals surface area contributed by atoms with Crippen LogP contribution in [0.15, 0.2) is 36.4 Å². The zero-order valence-electron chi connectivity index (χ0n) is 11.4. The summed E-state index contributed by atoms with van der Waals surface area (Å²) in [6.45, 7) is 4.38. The first-order valence-corrected chi connectivity index (χ1v) is 6.44. The van der Waals surface area contributed by atoms with Crippen LogP contribution in [0.4, 0.5) is 13.2 Å². The monoisotopic (exact) mass is 279 g/mol. The summed E-state index contributed by atoms with van der Waals surface area (Å²) >= 11 is 0. The van der Waals surface area contributed by atoms with Gasteiger partial charge in [-0.3, -0.25) is 0 Å². The molecule has 0 fully saturated rings. The molecule has 0 radical (unpaired) electrons. The van der Waals surface area contributed by atoms with Crippen LogP contribution in [0.2, 0.25) is 0 Å². The lowest BCUT2D eigenvalue weighted by molar-refractivity contribution is 0.580. The molecule has 1 nitrogen and oxygen atoms in total. The number of hydrogen-bond donors (Lipinski definition) is 1. The molecule has 0 saturated carbocycles. The van der Waals surface area contributed by atoms with Gasteiger partial charge in [0.2, 0.25) is 0 Å². The lowest BCUT2D eigenvalue weighted by Gasteiger charge is -2.13. The molecule has 0 atom stereocenters. The fourth-order valence-electron chi connectivity index (χ4n) is 2.01. The summed E-state index contributed by atoms with van der Waals surface area (Å²) in [7, 11) is 0. The number of rotatable bonds is 4. The van der Waals surface area contributed by atoms with E-state index in [0.29, 0.717) is 23.2 Å². The molecule has 2 aromatic rings. The second kappa shape index (κ2) is 6.09. The topological polar surface area (TPSA) is 12.0 Å². The second-order valence-corrected chi connectivity index (χ2v) is 5.00. The van der Waals surface area contributed by atoms with Crippen molar-refractivity contribution >= 4 is 0 Å². The summed E-state index contributed by atoms with van der Waals surface area (Å²) in [4.78, 5) is 0. The Labute approximate surface area is 116 Å². The van der Waals surface area contributed by atoms with Crippen molar-refractivity contribution in [2.75, 3.05) is 0 Å². The molecule has 0 bridgehead atoms. The van der Waals surface area contributed by atoms with Gasteiger partial charge in [0, 0.05) is 18.7 Å². The highest BCUT2D eigenvalue weighted by Crippen LogP contribution is 2.26. The molecule has 4 heteroatoms. The van der Waals surface area contributed by atoms with E-state index in [4.69, 9.17) is 0 Å². The fraction of sp³-hybridized carbons (Fsp3) is 0.250. The van der Waals surface area contributed by atoms with Gasteiger partial charge in [0.05, 0.1) is 0 Å². The molecule has 0 unspecified atom stereocenters. The SMILES string of the molecule is CC(C)NCc1cc(F)ccc1-c1cc(F)cc(F)c1. The Balaban J connectivity index is 2.44. The maximum absolute atomic E-state index is 13.4. The van der Waals surface area contributed by atoms with Gasteiger partial charge in [-0.1, -0.05) is 19.9 Å². The van der Waals surface area contributed by atoms with E-state index < -0.39 is 11.6 Å². The maximum Gasteiger partial charge on any atom is 0.126 e. The third-order valence-electron chi connectivity index (χ3n) is 2.94. The van der Waals surface area contributed by atoms with E-state index in [1.807, 2.05) is 13.8 Å². The highest BCUT2D eigenvalue weighted by molar-refractivity contribution is 5.67. The average Bonchev–Trinajstić information content (AvgIpc) is 2.35. The zero-order valence-corrected chi connectivity index (χ0v) is 11.4. The Morgan fingerprint density at radius 2 is 1.55 bits per heavy atom. The van der Waals surface area contributed by atoms with Crippen LogP contribution in [-0.2, 0) is 6.54 Å². The summed E-state index contributed by atoms with van der Waals surface area (Å²) in [5.41, 5.74) is 1.70. The third kappa shape index (κ3) is 3.61. The van der Waals surface area contributed by atoms with E-state index >= 15 is 0 Å². The molecule has 1 N–H and O–H groups in total. The first-order chi connectivity index (χ1) is 9.45. The lowest BCUT2D eigenvalue weighted by atomic mass is 9.99. The largest absolute Gasteiger partial charge is 0.310 e. The van der Waals surface area contributed by atoms with Crippen LogP contribution >= 0.6 is 0 Å². The summed E-state index contributed by atoms with van der Waals surface area (Å²) in [5, 5.41) is 3.17. The van der Waals surface area contributed by atoms with Crippen molar-refractivity contribution in [2.45, 2.75) is 26.4 Å². The van der Waals surface area contributed by atoms with Crippen molar-refractivity contribution in [3.8, 4) is 11.1 Å². The fourth-order valence-corrected chi connectivity index (χ4v) is 2.01. The second-order valence-electron chi connectivity index (χ2n) is 5.00. The number of hydrogen-bond acceptors (Lipinski definition) is 1. The van der Waals surface area contributed by atoms with Gasteiger partial charge in [-0.25, -0.2) is 13.2 Å². The van der Waals surface area contributed by atoms with Crippen molar-refractivity contribution in [1.29, 1.82) is 0 Å². The van der Waals surface area contributed by atoms with Crippen molar-refractivity contribution < 1.29 is 13.2 Å².